The molecule has 1 aromatic carbocycles. The van der Waals surface area contributed by atoms with E-state index in [1.165, 1.54) is 13.2 Å². The quantitative estimate of drug-likeness (QED) is 0.661. The first-order chi connectivity index (χ1) is 7.04. The number of carbonyl (C=O) groups is 1. The molecule has 0 atom stereocenters. The van der Waals surface area contributed by atoms with Crippen molar-refractivity contribution in [3.63, 3.8) is 0 Å². The Hall–Kier alpha value is -1.24. The van der Waals surface area contributed by atoms with Gasteiger partial charge in [0.25, 0.3) is 0 Å². The molecule has 2 N–H and O–H groups in total. The van der Waals surface area contributed by atoms with Gasteiger partial charge in [0.2, 0.25) is 0 Å². The van der Waals surface area contributed by atoms with Crippen molar-refractivity contribution in [3.05, 3.63) is 27.3 Å². The van der Waals surface area contributed by atoms with Crippen LogP contribution in [-0.2, 0) is 4.79 Å². The highest BCUT2D eigenvalue weighted by Crippen LogP contribution is 2.32. The Morgan fingerprint density at radius 2 is 2.20 bits per heavy atom. The summed E-state index contributed by atoms with van der Waals surface area (Å²) in [5.41, 5.74) is 0.663. The number of carboxylic acid groups (broad SMARTS) is 1. The molecule has 0 aromatic heterocycles. The van der Waals surface area contributed by atoms with Gasteiger partial charge in [-0.25, -0.2) is 4.79 Å². The first-order valence-corrected chi connectivity index (χ1v) is 5.10. The maximum atomic E-state index is 10.3. The van der Waals surface area contributed by atoms with E-state index in [0.29, 0.717) is 14.9 Å². The molecule has 0 unspecified atom stereocenters. The van der Waals surface area contributed by atoms with Crippen LogP contribution in [0.25, 0.3) is 6.08 Å². The van der Waals surface area contributed by atoms with E-state index < -0.39 is 5.97 Å². The smallest absolute Gasteiger partial charge is 0.328 e. The standard InChI is InChI=1S/C10H9IO4/c1-15-8-5-6(2-3-9(12)13)4-7(11)10(8)14/h2-5,14H,1H3,(H,12,13)/b3-2+. The summed E-state index contributed by atoms with van der Waals surface area (Å²) in [4.78, 5) is 10.3. The summed E-state index contributed by atoms with van der Waals surface area (Å²) in [5.74, 6) is -0.630. The summed E-state index contributed by atoms with van der Waals surface area (Å²) >= 11 is 1.94. The predicted molar refractivity (Wildman–Crippen MR) is 64.0 cm³/mol. The van der Waals surface area contributed by atoms with E-state index in [9.17, 15) is 9.90 Å². The van der Waals surface area contributed by atoms with Crippen LogP contribution in [0.15, 0.2) is 18.2 Å². The van der Waals surface area contributed by atoms with Crippen LogP contribution < -0.4 is 4.74 Å². The Morgan fingerprint density at radius 3 is 2.73 bits per heavy atom. The summed E-state index contributed by atoms with van der Waals surface area (Å²) in [6.07, 6.45) is 2.47. The zero-order valence-corrected chi connectivity index (χ0v) is 10.1. The largest absolute Gasteiger partial charge is 0.504 e. The molecule has 0 aliphatic rings. The van der Waals surface area contributed by atoms with Gasteiger partial charge in [0.05, 0.1) is 10.7 Å². The fourth-order valence-corrected chi connectivity index (χ4v) is 1.64. The van der Waals surface area contributed by atoms with Crippen molar-refractivity contribution in [1.82, 2.24) is 0 Å². The van der Waals surface area contributed by atoms with Crippen LogP contribution >= 0.6 is 22.6 Å². The molecule has 15 heavy (non-hydrogen) atoms. The first-order valence-electron chi connectivity index (χ1n) is 4.02. The second-order valence-electron chi connectivity index (χ2n) is 2.73. The number of ether oxygens (including phenoxy) is 1. The van der Waals surface area contributed by atoms with Gasteiger partial charge >= 0.3 is 5.97 Å². The maximum absolute atomic E-state index is 10.3. The lowest BCUT2D eigenvalue weighted by Gasteiger charge is -2.06. The molecule has 0 amide bonds. The van der Waals surface area contributed by atoms with Gasteiger partial charge in [-0.05, 0) is 46.4 Å². The molecular formula is C10H9IO4. The number of halogens is 1. The number of aromatic hydroxyl groups is 1. The van der Waals surface area contributed by atoms with Crippen molar-refractivity contribution in [3.8, 4) is 11.5 Å². The Balaban J connectivity index is 3.11. The third-order valence-corrected chi connectivity index (χ3v) is 2.51. The van der Waals surface area contributed by atoms with Crippen LogP contribution in [0.1, 0.15) is 5.56 Å². The molecule has 0 aliphatic heterocycles. The lowest BCUT2D eigenvalue weighted by molar-refractivity contribution is -0.131. The summed E-state index contributed by atoms with van der Waals surface area (Å²) < 4.78 is 5.55. The zero-order chi connectivity index (χ0) is 11.4. The Morgan fingerprint density at radius 1 is 1.53 bits per heavy atom. The lowest BCUT2D eigenvalue weighted by Crippen LogP contribution is -1.89. The summed E-state index contributed by atoms with van der Waals surface area (Å²) in [7, 11) is 1.44. The van der Waals surface area contributed by atoms with Crippen LogP contribution in [0.5, 0.6) is 11.5 Å². The average molecular weight is 320 g/mol. The van der Waals surface area contributed by atoms with Crippen LogP contribution in [0, 0.1) is 3.57 Å². The van der Waals surface area contributed by atoms with Gasteiger partial charge in [-0.15, -0.1) is 0 Å². The van der Waals surface area contributed by atoms with Gasteiger partial charge in [-0.1, -0.05) is 0 Å². The Bertz CT molecular complexity index is 412. The molecule has 0 bridgehead atoms. The molecule has 0 fully saturated rings. The number of phenolic OH excluding ortho intramolecular Hbond substituents is 1. The summed E-state index contributed by atoms with van der Waals surface area (Å²) in [6.45, 7) is 0. The van der Waals surface area contributed by atoms with E-state index in [-0.39, 0.29) is 5.75 Å². The molecule has 0 radical (unpaired) electrons. The molecule has 4 nitrogen and oxygen atoms in total. The molecule has 0 aliphatic carbocycles. The van der Waals surface area contributed by atoms with E-state index in [2.05, 4.69) is 0 Å². The fourth-order valence-electron chi connectivity index (χ4n) is 1.01. The summed E-state index contributed by atoms with van der Waals surface area (Å²) in [6, 6.07) is 3.23. The molecule has 0 spiro atoms. The zero-order valence-electron chi connectivity index (χ0n) is 7.90. The third-order valence-electron chi connectivity index (χ3n) is 1.69. The third kappa shape index (κ3) is 3.12. The average Bonchev–Trinajstić information content (AvgIpc) is 2.19. The maximum Gasteiger partial charge on any atom is 0.328 e. The van der Waals surface area contributed by atoms with Crippen molar-refractivity contribution >= 4 is 34.6 Å². The highest BCUT2D eigenvalue weighted by molar-refractivity contribution is 14.1. The van der Waals surface area contributed by atoms with E-state index in [1.807, 2.05) is 22.6 Å². The molecule has 5 heteroatoms. The Labute approximate surface area is 100 Å². The minimum absolute atomic E-state index is 0.0607. The number of rotatable bonds is 3. The predicted octanol–water partition coefficient (Wildman–Crippen LogP) is 2.10. The number of benzene rings is 1. The van der Waals surface area contributed by atoms with Crippen molar-refractivity contribution in [2.24, 2.45) is 0 Å². The monoisotopic (exact) mass is 320 g/mol. The summed E-state index contributed by atoms with van der Waals surface area (Å²) in [5, 5.41) is 18.0. The second-order valence-corrected chi connectivity index (χ2v) is 3.89. The van der Waals surface area contributed by atoms with Gasteiger partial charge in [0.15, 0.2) is 11.5 Å². The fraction of sp³-hybridized carbons (Fsp3) is 0.100. The number of phenols is 1. The van der Waals surface area contributed by atoms with Crippen LogP contribution in [0.2, 0.25) is 0 Å². The van der Waals surface area contributed by atoms with E-state index in [1.54, 1.807) is 12.1 Å². The van der Waals surface area contributed by atoms with Gasteiger partial charge in [-0.2, -0.15) is 0 Å². The highest BCUT2D eigenvalue weighted by atomic mass is 127. The van der Waals surface area contributed by atoms with Crippen molar-refractivity contribution < 1.29 is 19.7 Å². The highest BCUT2D eigenvalue weighted by Gasteiger charge is 2.06. The minimum atomic E-state index is -1.02. The minimum Gasteiger partial charge on any atom is -0.504 e. The van der Waals surface area contributed by atoms with Crippen LogP contribution in [0.3, 0.4) is 0 Å². The Kier molecular flexibility index (Phi) is 3.96. The SMILES string of the molecule is COc1cc(/C=C/C(=O)O)cc(I)c1O. The van der Waals surface area contributed by atoms with Gasteiger partial charge in [0, 0.05) is 6.08 Å². The molecule has 0 saturated heterocycles. The molecule has 0 saturated carbocycles. The normalized spacial score (nSPS) is 10.5. The van der Waals surface area contributed by atoms with Crippen molar-refractivity contribution in [2.75, 3.05) is 7.11 Å². The number of aliphatic carboxylic acids is 1. The van der Waals surface area contributed by atoms with Gasteiger partial charge in [0.1, 0.15) is 0 Å². The van der Waals surface area contributed by atoms with E-state index >= 15 is 0 Å². The number of hydrogen-bond acceptors (Lipinski definition) is 3. The van der Waals surface area contributed by atoms with Crippen LogP contribution in [-0.4, -0.2) is 23.3 Å². The molecule has 1 aromatic rings. The van der Waals surface area contributed by atoms with Gasteiger partial charge in [-0.3, -0.25) is 0 Å². The first kappa shape index (κ1) is 11.8. The topological polar surface area (TPSA) is 66.8 Å². The molecule has 1 rings (SSSR count). The lowest BCUT2D eigenvalue weighted by atomic mass is 10.2. The van der Waals surface area contributed by atoms with E-state index in [4.69, 9.17) is 9.84 Å². The second kappa shape index (κ2) is 5.01. The van der Waals surface area contributed by atoms with Crippen LogP contribution in [0.4, 0.5) is 0 Å². The molecule has 0 heterocycles. The number of methoxy groups -OCH3 is 1. The molecular weight excluding hydrogens is 311 g/mol. The number of hydrogen-bond donors (Lipinski definition) is 2. The van der Waals surface area contributed by atoms with Crippen molar-refractivity contribution in [2.45, 2.75) is 0 Å². The van der Waals surface area contributed by atoms with E-state index in [0.717, 1.165) is 6.08 Å². The van der Waals surface area contributed by atoms with Crippen molar-refractivity contribution in [1.29, 1.82) is 0 Å². The number of carboxylic acids is 1. The van der Waals surface area contributed by atoms with Gasteiger partial charge < -0.3 is 14.9 Å². The molecule has 80 valence electrons.